The smallest absolute Gasteiger partial charge is 0.250 e. The van der Waals surface area contributed by atoms with E-state index in [9.17, 15) is 4.79 Å². The van der Waals surface area contributed by atoms with Gasteiger partial charge in [0.1, 0.15) is 17.2 Å². The molecule has 0 aliphatic rings. The van der Waals surface area contributed by atoms with E-state index in [2.05, 4.69) is 20.7 Å². The molecule has 4 rings (SSSR count). The van der Waals surface area contributed by atoms with E-state index in [-0.39, 0.29) is 11.7 Å². The molecule has 37 heavy (non-hydrogen) atoms. The summed E-state index contributed by atoms with van der Waals surface area (Å²) >= 11 is 7.33. The first-order chi connectivity index (χ1) is 18.0. The van der Waals surface area contributed by atoms with Gasteiger partial charge < -0.3 is 14.2 Å². The standard InChI is InChI=1S/C26H24ClN5O4S/c1-34-21-11-4-17(5-12-21)25-30-31-26(32(25)20-9-7-19(27)8-10-20)37-16-24(33)29-28-15-18-6-13-22(35-2)14-23(18)36-3/h4-15H,16H2,1-3H3,(H,29,33)/b28-15-. The molecule has 0 aliphatic carbocycles. The van der Waals surface area contributed by atoms with Crippen molar-refractivity contribution in [2.45, 2.75) is 5.16 Å². The van der Waals surface area contributed by atoms with E-state index >= 15 is 0 Å². The predicted molar refractivity (Wildman–Crippen MR) is 144 cm³/mol. The van der Waals surface area contributed by atoms with Crippen molar-refractivity contribution >= 4 is 35.5 Å². The summed E-state index contributed by atoms with van der Waals surface area (Å²) in [5.74, 6) is 2.37. The van der Waals surface area contributed by atoms with E-state index in [1.54, 1.807) is 51.7 Å². The van der Waals surface area contributed by atoms with Gasteiger partial charge in [-0.3, -0.25) is 9.36 Å². The average Bonchev–Trinajstić information content (AvgIpc) is 3.36. The van der Waals surface area contributed by atoms with Crippen LogP contribution in [0, 0.1) is 0 Å². The molecule has 0 radical (unpaired) electrons. The number of carbonyl (C=O) groups excluding carboxylic acids is 1. The Hall–Kier alpha value is -4.02. The Labute approximate surface area is 223 Å². The molecule has 3 aromatic carbocycles. The Bertz CT molecular complexity index is 1390. The number of nitrogens with zero attached hydrogens (tertiary/aromatic N) is 4. The summed E-state index contributed by atoms with van der Waals surface area (Å²) in [6.45, 7) is 0. The zero-order valence-electron chi connectivity index (χ0n) is 20.3. The fourth-order valence-electron chi connectivity index (χ4n) is 3.37. The molecule has 0 fully saturated rings. The lowest BCUT2D eigenvalue weighted by atomic mass is 10.2. The zero-order chi connectivity index (χ0) is 26.2. The van der Waals surface area contributed by atoms with Gasteiger partial charge >= 0.3 is 0 Å². The van der Waals surface area contributed by atoms with Crippen LogP contribution in [0.4, 0.5) is 0 Å². The third kappa shape index (κ3) is 6.41. The molecule has 4 aromatic rings. The van der Waals surface area contributed by atoms with Crippen molar-refractivity contribution in [1.82, 2.24) is 20.2 Å². The second kappa shape index (κ2) is 12.3. The van der Waals surface area contributed by atoms with Gasteiger partial charge in [0.2, 0.25) is 0 Å². The molecule has 0 saturated heterocycles. The van der Waals surface area contributed by atoms with Crippen LogP contribution in [0.3, 0.4) is 0 Å². The van der Waals surface area contributed by atoms with Crippen molar-refractivity contribution in [3.05, 3.63) is 77.3 Å². The Morgan fingerprint density at radius 1 is 0.973 bits per heavy atom. The van der Waals surface area contributed by atoms with E-state index in [0.717, 1.165) is 17.0 Å². The SMILES string of the molecule is COc1ccc(-c2nnc(SCC(=O)N/N=C\c3ccc(OC)cc3OC)n2-c2ccc(Cl)cc2)cc1. The van der Waals surface area contributed by atoms with Crippen LogP contribution in [0.5, 0.6) is 17.2 Å². The van der Waals surface area contributed by atoms with Crippen molar-refractivity contribution in [2.75, 3.05) is 27.1 Å². The molecule has 0 bridgehead atoms. The Balaban J connectivity index is 1.50. The van der Waals surface area contributed by atoms with Crippen LogP contribution in [0.1, 0.15) is 5.56 Å². The third-order valence-electron chi connectivity index (χ3n) is 5.23. The van der Waals surface area contributed by atoms with Gasteiger partial charge in [-0.25, -0.2) is 5.43 Å². The van der Waals surface area contributed by atoms with Crippen molar-refractivity contribution in [3.8, 4) is 34.3 Å². The van der Waals surface area contributed by atoms with Gasteiger partial charge in [0, 0.05) is 27.9 Å². The lowest BCUT2D eigenvalue weighted by Gasteiger charge is -2.11. The van der Waals surface area contributed by atoms with Crippen molar-refractivity contribution in [2.24, 2.45) is 5.10 Å². The minimum absolute atomic E-state index is 0.0748. The van der Waals surface area contributed by atoms with E-state index in [1.165, 1.54) is 18.0 Å². The molecule has 1 aromatic heterocycles. The summed E-state index contributed by atoms with van der Waals surface area (Å²) in [7, 11) is 4.75. The number of hydrazone groups is 1. The highest BCUT2D eigenvalue weighted by atomic mass is 35.5. The molecule has 11 heteroatoms. The van der Waals surface area contributed by atoms with Crippen LogP contribution < -0.4 is 19.6 Å². The van der Waals surface area contributed by atoms with Gasteiger partial charge in [-0.2, -0.15) is 5.10 Å². The van der Waals surface area contributed by atoms with E-state index in [4.69, 9.17) is 25.8 Å². The highest BCUT2D eigenvalue weighted by Gasteiger charge is 2.17. The topological polar surface area (TPSA) is 99.9 Å². The molecule has 1 amide bonds. The van der Waals surface area contributed by atoms with E-state index in [1.807, 2.05) is 41.0 Å². The number of thioether (sulfide) groups is 1. The lowest BCUT2D eigenvalue weighted by Crippen LogP contribution is -2.20. The number of halogens is 1. The molecular formula is C26H24ClN5O4S. The summed E-state index contributed by atoms with van der Waals surface area (Å²) in [5.41, 5.74) is 4.89. The van der Waals surface area contributed by atoms with Crippen LogP contribution in [-0.4, -0.2) is 54.0 Å². The Morgan fingerprint density at radius 2 is 1.68 bits per heavy atom. The van der Waals surface area contributed by atoms with Crippen LogP contribution in [-0.2, 0) is 4.79 Å². The van der Waals surface area contributed by atoms with Gasteiger partial charge in [-0.05, 0) is 60.7 Å². The Morgan fingerprint density at radius 3 is 2.35 bits per heavy atom. The number of ether oxygens (including phenoxy) is 3. The lowest BCUT2D eigenvalue weighted by molar-refractivity contribution is -0.118. The van der Waals surface area contributed by atoms with E-state index < -0.39 is 0 Å². The van der Waals surface area contributed by atoms with Gasteiger partial charge in [0.25, 0.3) is 5.91 Å². The summed E-state index contributed by atoms with van der Waals surface area (Å²) in [4.78, 5) is 12.5. The molecular weight excluding hydrogens is 514 g/mol. The van der Waals surface area contributed by atoms with Crippen LogP contribution >= 0.6 is 23.4 Å². The highest BCUT2D eigenvalue weighted by Crippen LogP contribution is 2.29. The summed E-state index contributed by atoms with van der Waals surface area (Å²) < 4.78 is 17.7. The third-order valence-corrected chi connectivity index (χ3v) is 6.41. The largest absolute Gasteiger partial charge is 0.497 e. The number of rotatable bonds is 10. The fraction of sp³-hybridized carbons (Fsp3) is 0.154. The minimum Gasteiger partial charge on any atom is -0.497 e. The van der Waals surface area contributed by atoms with Crippen molar-refractivity contribution in [1.29, 1.82) is 0 Å². The number of nitrogens with one attached hydrogen (secondary N) is 1. The second-order valence-corrected chi connectivity index (χ2v) is 8.92. The number of carbonyl (C=O) groups is 1. The quantitative estimate of drug-likeness (QED) is 0.175. The van der Waals surface area contributed by atoms with E-state index in [0.29, 0.717) is 33.1 Å². The summed E-state index contributed by atoms with van der Waals surface area (Å²) in [6.07, 6.45) is 1.51. The first-order valence-electron chi connectivity index (χ1n) is 11.0. The van der Waals surface area contributed by atoms with Crippen molar-refractivity contribution < 1.29 is 19.0 Å². The molecule has 1 N–H and O–H groups in total. The summed E-state index contributed by atoms with van der Waals surface area (Å²) in [6, 6.07) is 20.1. The molecule has 0 aliphatic heterocycles. The minimum atomic E-state index is -0.301. The maximum atomic E-state index is 12.5. The molecule has 0 spiro atoms. The van der Waals surface area contributed by atoms with Crippen LogP contribution in [0.15, 0.2) is 77.0 Å². The normalized spacial score (nSPS) is 10.9. The van der Waals surface area contributed by atoms with Gasteiger partial charge in [0.15, 0.2) is 11.0 Å². The number of benzene rings is 3. The predicted octanol–water partition coefficient (Wildman–Crippen LogP) is 4.86. The maximum absolute atomic E-state index is 12.5. The monoisotopic (exact) mass is 537 g/mol. The first-order valence-corrected chi connectivity index (χ1v) is 12.4. The number of hydrogen-bond acceptors (Lipinski definition) is 8. The van der Waals surface area contributed by atoms with Crippen molar-refractivity contribution in [3.63, 3.8) is 0 Å². The Kier molecular flexibility index (Phi) is 8.65. The fourth-order valence-corrected chi connectivity index (χ4v) is 4.24. The van der Waals surface area contributed by atoms with Gasteiger partial charge in [0.05, 0.1) is 33.3 Å². The maximum Gasteiger partial charge on any atom is 0.250 e. The van der Waals surface area contributed by atoms with Crippen LogP contribution in [0.2, 0.25) is 5.02 Å². The first kappa shape index (κ1) is 26.1. The molecule has 190 valence electrons. The molecule has 0 unspecified atom stereocenters. The number of amides is 1. The highest BCUT2D eigenvalue weighted by molar-refractivity contribution is 7.99. The average molecular weight is 538 g/mol. The second-order valence-electron chi connectivity index (χ2n) is 7.54. The molecule has 0 atom stereocenters. The van der Waals surface area contributed by atoms with Crippen LogP contribution in [0.25, 0.3) is 17.1 Å². The summed E-state index contributed by atoms with van der Waals surface area (Å²) in [5, 5.41) is 13.9. The zero-order valence-corrected chi connectivity index (χ0v) is 21.9. The number of hydrogen-bond donors (Lipinski definition) is 1. The molecule has 9 nitrogen and oxygen atoms in total. The number of aromatic nitrogens is 3. The van der Waals surface area contributed by atoms with Gasteiger partial charge in [-0.15, -0.1) is 10.2 Å². The molecule has 1 heterocycles. The number of methoxy groups -OCH3 is 3. The van der Waals surface area contributed by atoms with Gasteiger partial charge in [-0.1, -0.05) is 23.4 Å². The molecule has 0 saturated carbocycles.